The van der Waals surface area contributed by atoms with Crippen LogP contribution in [0.1, 0.15) is 25.1 Å². The first kappa shape index (κ1) is 11.1. The second-order valence-corrected chi connectivity index (χ2v) is 4.61. The average Bonchev–Trinajstić information content (AvgIpc) is 2.47. The van der Waals surface area contributed by atoms with Gasteiger partial charge in [-0.15, -0.1) is 0 Å². The third-order valence-corrected chi connectivity index (χ3v) is 3.36. The molecule has 1 fully saturated rings. The second-order valence-electron chi connectivity index (χ2n) is 4.61. The van der Waals surface area contributed by atoms with E-state index in [1.54, 1.807) is 0 Å². The lowest BCUT2D eigenvalue weighted by Gasteiger charge is -2.31. The van der Waals surface area contributed by atoms with Crippen LogP contribution in [-0.4, -0.2) is 36.1 Å². The van der Waals surface area contributed by atoms with Crippen LogP contribution in [0.4, 0.5) is 17.3 Å². The van der Waals surface area contributed by atoms with Crippen LogP contribution < -0.4 is 15.5 Å². The molecule has 1 aromatic heterocycles. The van der Waals surface area contributed by atoms with Gasteiger partial charge in [-0.3, -0.25) is 0 Å². The number of aromatic nitrogens is 2. The highest BCUT2D eigenvalue weighted by Crippen LogP contribution is 2.33. The maximum atomic E-state index is 9.02. The molecule has 2 aliphatic heterocycles. The summed E-state index contributed by atoms with van der Waals surface area (Å²) in [7, 11) is 0. The van der Waals surface area contributed by atoms with E-state index in [0.717, 1.165) is 43.5 Å². The first-order valence-electron chi connectivity index (χ1n) is 6.43. The second kappa shape index (κ2) is 4.69. The summed E-state index contributed by atoms with van der Waals surface area (Å²) in [5, 5.41) is 15.6. The van der Waals surface area contributed by atoms with Crippen molar-refractivity contribution in [3.63, 3.8) is 0 Å². The van der Waals surface area contributed by atoms with Crippen molar-refractivity contribution in [1.29, 1.82) is 5.26 Å². The van der Waals surface area contributed by atoms with E-state index in [1.807, 2.05) is 6.07 Å². The van der Waals surface area contributed by atoms with Gasteiger partial charge in [0.25, 0.3) is 0 Å². The zero-order valence-electron chi connectivity index (χ0n) is 10.2. The molecule has 0 amide bonds. The molecule has 6 nitrogen and oxygen atoms in total. The van der Waals surface area contributed by atoms with Gasteiger partial charge in [0.15, 0.2) is 11.6 Å². The number of fused-ring (bicyclic) bond motifs is 1. The third kappa shape index (κ3) is 1.92. The van der Waals surface area contributed by atoms with E-state index in [2.05, 4.69) is 25.5 Å². The number of rotatable bonds is 1. The SMILES string of the molecule is N#Cc1nc2c(c(N3CCCCC3)n1)NCCN2. The van der Waals surface area contributed by atoms with Crippen molar-refractivity contribution < 1.29 is 0 Å². The molecule has 0 bridgehead atoms. The van der Waals surface area contributed by atoms with E-state index >= 15 is 0 Å². The Morgan fingerprint density at radius 3 is 2.61 bits per heavy atom. The number of hydrogen-bond donors (Lipinski definition) is 2. The Morgan fingerprint density at radius 1 is 1.06 bits per heavy atom. The Morgan fingerprint density at radius 2 is 1.83 bits per heavy atom. The fraction of sp³-hybridized carbons (Fsp3) is 0.583. The molecule has 0 radical (unpaired) electrons. The molecule has 6 heteroatoms. The van der Waals surface area contributed by atoms with Gasteiger partial charge in [-0.25, -0.2) is 0 Å². The molecule has 0 aliphatic carbocycles. The van der Waals surface area contributed by atoms with Crippen molar-refractivity contribution >= 4 is 17.3 Å². The molecule has 3 rings (SSSR count). The van der Waals surface area contributed by atoms with Gasteiger partial charge in [0.05, 0.1) is 0 Å². The van der Waals surface area contributed by atoms with Crippen LogP contribution >= 0.6 is 0 Å². The Kier molecular flexibility index (Phi) is 2.89. The Labute approximate surface area is 106 Å². The fourth-order valence-corrected chi connectivity index (χ4v) is 2.49. The summed E-state index contributed by atoms with van der Waals surface area (Å²) in [5.41, 5.74) is 0.946. The summed E-state index contributed by atoms with van der Waals surface area (Å²) in [5.74, 6) is 1.88. The van der Waals surface area contributed by atoms with Gasteiger partial charge < -0.3 is 15.5 Å². The molecule has 0 saturated carbocycles. The van der Waals surface area contributed by atoms with Gasteiger partial charge in [0.1, 0.15) is 11.8 Å². The van der Waals surface area contributed by atoms with Crippen molar-refractivity contribution in [2.45, 2.75) is 19.3 Å². The minimum atomic E-state index is 0.241. The maximum Gasteiger partial charge on any atom is 0.236 e. The van der Waals surface area contributed by atoms with Gasteiger partial charge in [0, 0.05) is 26.2 Å². The Bertz CT molecular complexity index is 486. The molecule has 2 N–H and O–H groups in total. The first-order valence-corrected chi connectivity index (χ1v) is 6.43. The molecule has 3 heterocycles. The van der Waals surface area contributed by atoms with Crippen LogP contribution in [-0.2, 0) is 0 Å². The smallest absolute Gasteiger partial charge is 0.236 e. The van der Waals surface area contributed by atoms with Crippen molar-refractivity contribution in [3.05, 3.63) is 5.82 Å². The first-order chi connectivity index (χ1) is 8.88. The van der Waals surface area contributed by atoms with E-state index in [9.17, 15) is 0 Å². The predicted octanol–water partition coefficient (Wildman–Crippen LogP) is 1.18. The van der Waals surface area contributed by atoms with E-state index in [4.69, 9.17) is 5.26 Å². The van der Waals surface area contributed by atoms with Crippen LogP contribution in [0.2, 0.25) is 0 Å². The summed E-state index contributed by atoms with van der Waals surface area (Å²) >= 11 is 0. The summed E-state index contributed by atoms with van der Waals surface area (Å²) < 4.78 is 0. The molecule has 0 aromatic carbocycles. The predicted molar refractivity (Wildman–Crippen MR) is 69.8 cm³/mol. The van der Waals surface area contributed by atoms with Crippen LogP contribution in [0, 0.1) is 11.3 Å². The summed E-state index contributed by atoms with van der Waals surface area (Å²) in [6.07, 6.45) is 3.66. The largest absolute Gasteiger partial charge is 0.377 e. The number of hydrogen-bond acceptors (Lipinski definition) is 6. The molecule has 0 atom stereocenters. The van der Waals surface area contributed by atoms with Crippen molar-refractivity contribution in [3.8, 4) is 6.07 Å². The molecule has 94 valence electrons. The standard InChI is InChI=1S/C12H16N6/c13-8-9-16-11-10(14-4-5-15-11)12(17-9)18-6-2-1-3-7-18/h14H,1-7H2,(H,15,16,17). The Balaban J connectivity index is 2.03. The van der Waals surface area contributed by atoms with E-state index < -0.39 is 0 Å². The van der Waals surface area contributed by atoms with Gasteiger partial charge in [-0.1, -0.05) is 0 Å². The highest BCUT2D eigenvalue weighted by Gasteiger charge is 2.22. The van der Waals surface area contributed by atoms with E-state index in [-0.39, 0.29) is 5.82 Å². The number of piperidine rings is 1. The highest BCUT2D eigenvalue weighted by molar-refractivity contribution is 5.79. The quantitative estimate of drug-likeness (QED) is 0.772. The minimum absolute atomic E-state index is 0.241. The van der Waals surface area contributed by atoms with Crippen LogP contribution in [0.3, 0.4) is 0 Å². The van der Waals surface area contributed by atoms with E-state index in [1.165, 1.54) is 19.3 Å². The molecule has 0 spiro atoms. The molecular formula is C12H16N6. The monoisotopic (exact) mass is 244 g/mol. The number of nitriles is 1. The normalized spacial score (nSPS) is 18.3. The summed E-state index contributed by atoms with van der Waals surface area (Å²) in [6, 6.07) is 2.04. The zero-order valence-corrected chi connectivity index (χ0v) is 10.2. The Hall–Kier alpha value is -2.03. The summed E-state index contributed by atoms with van der Waals surface area (Å²) in [6.45, 7) is 3.71. The molecule has 1 saturated heterocycles. The average molecular weight is 244 g/mol. The maximum absolute atomic E-state index is 9.02. The molecule has 18 heavy (non-hydrogen) atoms. The number of anilines is 3. The van der Waals surface area contributed by atoms with Crippen molar-refractivity contribution in [2.24, 2.45) is 0 Å². The lowest BCUT2D eigenvalue weighted by molar-refractivity contribution is 0.573. The van der Waals surface area contributed by atoms with Gasteiger partial charge in [-0.2, -0.15) is 15.2 Å². The topological polar surface area (TPSA) is 76.9 Å². The molecular weight excluding hydrogens is 228 g/mol. The van der Waals surface area contributed by atoms with Crippen LogP contribution in [0.5, 0.6) is 0 Å². The van der Waals surface area contributed by atoms with Crippen LogP contribution in [0.25, 0.3) is 0 Å². The number of nitrogens with one attached hydrogen (secondary N) is 2. The minimum Gasteiger partial charge on any atom is -0.377 e. The highest BCUT2D eigenvalue weighted by atomic mass is 15.2. The van der Waals surface area contributed by atoms with E-state index in [0.29, 0.717) is 0 Å². The van der Waals surface area contributed by atoms with Crippen LogP contribution in [0.15, 0.2) is 0 Å². The molecule has 2 aliphatic rings. The van der Waals surface area contributed by atoms with Crippen molar-refractivity contribution in [2.75, 3.05) is 41.7 Å². The molecule has 0 unspecified atom stereocenters. The lowest BCUT2D eigenvalue weighted by atomic mass is 10.1. The summed E-state index contributed by atoms with van der Waals surface area (Å²) in [4.78, 5) is 10.8. The third-order valence-electron chi connectivity index (χ3n) is 3.36. The van der Waals surface area contributed by atoms with Gasteiger partial charge in [0.2, 0.25) is 5.82 Å². The number of nitrogens with zero attached hydrogens (tertiary/aromatic N) is 4. The van der Waals surface area contributed by atoms with Gasteiger partial charge >= 0.3 is 0 Å². The lowest BCUT2D eigenvalue weighted by Crippen LogP contribution is -2.33. The molecule has 1 aromatic rings. The van der Waals surface area contributed by atoms with Gasteiger partial charge in [-0.05, 0) is 19.3 Å². The zero-order chi connectivity index (χ0) is 12.4. The fourth-order valence-electron chi connectivity index (χ4n) is 2.49. The van der Waals surface area contributed by atoms with Crippen molar-refractivity contribution in [1.82, 2.24) is 9.97 Å².